The third kappa shape index (κ3) is 6.30. The van der Waals surface area contributed by atoms with Gasteiger partial charge in [0, 0.05) is 36.6 Å². The third-order valence-electron chi connectivity index (χ3n) is 4.76. The Morgan fingerprint density at radius 2 is 1.68 bits per heavy atom. The molecule has 1 heterocycles. The van der Waals surface area contributed by atoms with E-state index >= 15 is 0 Å². The molecule has 0 radical (unpaired) electrons. The monoisotopic (exact) mass is 481 g/mol. The quantitative estimate of drug-likeness (QED) is 0.686. The zero-order valence-electron chi connectivity index (χ0n) is 16.5. The maximum Gasteiger partial charge on any atom is 0.253 e. The minimum absolute atomic E-state index is 0.185. The molecule has 1 fully saturated rings. The summed E-state index contributed by atoms with van der Waals surface area (Å²) >= 11 is 11.8. The molecule has 2 aromatic carbocycles. The number of sulfonamides is 1. The Morgan fingerprint density at radius 3 is 2.32 bits per heavy atom. The van der Waals surface area contributed by atoms with Gasteiger partial charge in [-0.25, -0.2) is 8.42 Å². The van der Waals surface area contributed by atoms with Crippen LogP contribution in [0, 0.1) is 0 Å². The molecule has 0 aliphatic carbocycles. The smallest absolute Gasteiger partial charge is 0.253 e. The van der Waals surface area contributed by atoms with E-state index in [2.05, 4.69) is 5.32 Å². The number of rotatable bonds is 6. The maximum atomic E-state index is 12.5. The lowest BCUT2D eigenvalue weighted by molar-refractivity contribution is -0.131. The largest absolute Gasteiger partial charge is 0.343 e. The van der Waals surface area contributed by atoms with Gasteiger partial charge in [0.1, 0.15) is 0 Å². The SMILES string of the molecule is O=C(NCC(=O)N1CCN(S(=O)(=O)C=Cc2ccccc2)CC1)c1ccc(Cl)cc1Cl. The standard InChI is InChI=1S/C21H21Cl2N3O4S/c22-17-6-7-18(19(23)14-17)21(28)24-15-20(27)25-9-11-26(12-10-25)31(29,30)13-8-16-4-2-1-3-5-16/h1-8,13-14H,9-12,15H2,(H,24,28). The first kappa shape index (κ1) is 23.3. The van der Waals surface area contributed by atoms with Crippen LogP contribution in [0.4, 0.5) is 0 Å². The average molecular weight is 482 g/mol. The molecule has 7 nitrogen and oxygen atoms in total. The molecule has 0 aromatic heterocycles. The number of hydrogen-bond acceptors (Lipinski definition) is 4. The second kappa shape index (κ2) is 10.3. The van der Waals surface area contributed by atoms with Crippen molar-refractivity contribution in [1.29, 1.82) is 0 Å². The lowest BCUT2D eigenvalue weighted by Gasteiger charge is -2.33. The van der Waals surface area contributed by atoms with E-state index in [1.165, 1.54) is 32.8 Å². The molecule has 2 aromatic rings. The molecular weight excluding hydrogens is 461 g/mol. The van der Waals surface area contributed by atoms with E-state index < -0.39 is 15.9 Å². The van der Waals surface area contributed by atoms with Crippen LogP contribution in [0.3, 0.4) is 0 Å². The van der Waals surface area contributed by atoms with Crippen LogP contribution in [0.2, 0.25) is 10.0 Å². The molecule has 0 bridgehead atoms. The second-order valence-corrected chi connectivity index (χ2v) is 9.51. The van der Waals surface area contributed by atoms with Crippen molar-refractivity contribution in [3.63, 3.8) is 0 Å². The highest BCUT2D eigenvalue weighted by Crippen LogP contribution is 2.20. The molecule has 0 unspecified atom stereocenters. The van der Waals surface area contributed by atoms with Gasteiger partial charge in [0.15, 0.2) is 0 Å². The molecule has 0 spiro atoms. The molecule has 3 rings (SSSR count). The number of nitrogens with zero attached hydrogens (tertiary/aromatic N) is 2. The van der Waals surface area contributed by atoms with Crippen LogP contribution < -0.4 is 5.32 Å². The minimum Gasteiger partial charge on any atom is -0.343 e. The van der Waals surface area contributed by atoms with Crippen molar-refractivity contribution in [1.82, 2.24) is 14.5 Å². The molecule has 31 heavy (non-hydrogen) atoms. The fraction of sp³-hybridized carbons (Fsp3) is 0.238. The van der Waals surface area contributed by atoms with Crippen LogP contribution in [-0.4, -0.2) is 62.2 Å². The van der Waals surface area contributed by atoms with Crippen molar-refractivity contribution < 1.29 is 18.0 Å². The van der Waals surface area contributed by atoms with Gasteiger partial charge in [-0.15, -0.1) is 0 Å². The van der Waals surface area contributed by atoms with Gasteiger partial charge in [0.05, 0.1) is 17.1 Å². The van der Waals surface area contributed by atoms with Gasteiger partial charge in [-0.1, -0.05) is 53.5 Å². The maximum absolute atomic E-state index is 12.5. The van der Waals surface area contributed by atoms with Gasteiger partial charge < -0.3 is 10.2 Å². The Bertz CT molecular complexity index is 1080. The van der Waals surface area contributed by atoms with Gasteiger partial charge >= 0.3 is 0 Å². The molecule has 0 atom stereocenters. The second-order valence-electron chi connectivity index (χ2n) is 6.85. The molecule has 164 valence electrons. The molecular formula is C21H21Cl2N3O4S. The molecule has 1 aliphatic rings. The summed E-state index contributed by atoms with van der Waals surface area (Å²) in [5.74, 6) is -0.780. The normalized spacial score (nSPS) is 15.2. The lowest BCUT2D eigenvalue weighted by Crippen LogP contribution is -2.52. The first-order valence-electron chi connectivity index (χ1n) is 9.50. The summed E-state index contributed by atoms with van der Waals surface area (Å²) in [4.78, 5) is 26.2. The number of carbonyl (C=O) groups excluding carboxylic acids is 2. The summed E-state index contributed by atoms with van der Waals surface area (Å²) in [6.45, 7) is 0.649. The summed E-state index contributed by atoms with van der Waals surface area (Å²) in [6, 6.07) is 13.6. The van der Waals surface area contributed by atoms with E-state index in [0.717, 1.165) is 5.56 Å². The third-order valence-corrected chi connectivity index (χ3v) is 6.87. The van der Waals surface area contributed by atoms with E-state index in [1.54, 1.807) is 6.08 Å². The Balaban J connectivity index is 1.50. The summed E-state index contributed by atoms with van der Waals surface area (Å²) in [7, 11) is -3.58. The van der Waals surface area contributed by atoms with E-state index in [0.29, 0.717) is 5.02 Å². The van der Waals surface area contributed by atoms with Gasteiger partial charge in [0.25, 0.3) is 5.91 Å². The highest BCUT2D eigenvalue weighted by molar-refractivity contribution is 7.92. The first-order valence-corrected chi connectivity index (χ1v) is 11.8. The fourth-order valence-corrected chi connectivity index (χ4v) is 4.71. The molecule has 1 N–H and O–H groups in total. The summed E-state index contributed by atoms with van der Waals surface area (Å²) in [5.41, 5.74) is 1.01. The molecule has 1 saturated heterocycles. The fourth-order valence-electron chi connectivity index (χ4n) is 3.04. The van der Waals surface area contributed by atoms with Crippen molar-refractivity contribution >= 4 is 51.1 Å². The van der Waals surface area contributed by atoms with Crippen LogP contribution in [0.5, 0.6) is 0 Å². The number of carbonyl (C=O) groups is 2. The number of benzene rings is 2. The van der Waals surface area contributed by atoms with Gasteiger partial charge in [-0.05, 0) is 29.8 Å². The topological polar surface area (TPSA) is 86.8 Å². The van der Waals surface area contributed by atoms with Crippen LogP contribution in [-0.2, 0) is 14.8 Å². The van der Waals surface area contributed by atoms with E-state index in [9.17, 15) is 18.0 Å². The Morgan fingerprint density at radius 1 is 1.00 bits per heavy atom. The van der Waals surface area contributed by atoms with Gasteiger partial charge in [0.2, 0.25) is 15.9 Å². The van der Waals surface area contributed by atoms with Crippen molar-refractivity contribution in [3.05, 3.63) is 75.1 Å². The zero-order valence-corrected chi connectivity index (χ0v) is 18.8. The highest BCUT2D eigenvalue weighted by atomic mass is 35.5. The van der Waals surface area contributed by atoms with Crippen molar-refractivity contribution in [3.8, 4) is 0 Å². The van der Waals surface area contributed by atoms with Gasteiger partial charge in [-0.2, -0.15) is 4.31 Å². The zero-order chi connectivity index (χ0) is 22.4. The van der Waals surface area contributed by atoms with E-state index in [-0.39, 0.29) is 49.2 Å². The Labute approximate surface area is 191 Å². The average Bonchev–Trinajstić information content (AvgIpc) is 2.77. The minimum atomic E-state index is -3.58. The van der Waals surface area contributed by atoms with Crippen LogP contribution >= 0.6 is 23.2 Å². The lowest BCUT2D eigenvalue weighted by atomic mass is 10.2. The summed E-state index contributed by atoms with van der Waals surface area (Å²) in [5, 5.41) is 4.31. The molecule has 1 aliphatic heterocycles. The van der Waals surface area contributed by atoms with Crippen LogP contribution in [0.1, 0.15) is 15.9 Å². The van der Waals surface area contributed by atoms with Crippen molar-refractivity contribution in [2.24, 2.45) is 0 Å². The Kier molecular flexibility index (Phi) is 7.72. The van der Waals surface area contributed by atoms with Crippen LogP contribution in [0.25, 0.3) is 6.08 Å². The van der Waals surface area contributed by atoms with Gasteiger partial charge in [-0.3, -0.25) is 9.59 Å². The van der Waals surface area contributed by atoms with E-state index in [4.69, 9.17) is 23.2 Å². The molecule has 0 saturated carbocycles. The number of nitrogens with one attached hydrogen (secondary N) is 1. The number of amides is 2. The Hall–Kier alpha value is -2.39. The van der Waals surface area contributed by atoms with Crippen molar-refractivity contribution in [2.75, 3.05) is 32.7 Å². The predicted molar refractivity (Wildman–Crippen MR) is 121 cm³/mol. The predicted octanol–water partition coefficient (Wildman–Crippen LogP) is 2.87. The van der Waals surface area contributed by atoms with Crippen LogP contribution in [0.15, 0.2) is 53.9 Å². The summed E-state index contributed by atoms with van der Waals surface area (Å²) < 4.78 is 26.4. The molecule has 10 heteroatoms. The number of piperazine rings is 1. The van der Waals surface area contributed by atoms with E-state index in [1.807, 2.05) is 30.3 Å². The number of halogens is 2. The molecule has 2 amide bonds. The highest BCUT2D eigenvalue weighted by Gasteiger charge is 2.27. The van der Waals surface area contributed by atoms with Crippen molar-refractivity contribution in [2.45, 2.75) is 0 Å². The first-order chi connectivity index (χ1) is 14.8. The summed E-state index contributed by atoms with van der Waals surface area (Å²) in [6.07, 6.45) is 1.55. The number of hydrogen-bond donors (Lipinski definition) is 1.